The molecule has 0 amide bonds. The molecule has 5 heteroatoms. The van der Waals surface area contributed by atoms with E-state index < -0.39 is 16.1 Å². The van der Waals surface area contributed by atoms with Crippen LogP contribution in [0.5, 0.6) is 0 Å². The fourth-order valence-electron chi connectivity index (χ4n) is 2.25. The van der Waals surface area contributed by atoms with Gasteiger partial charge >= 0.3 is 0 Å². The number of nitrogens with zero attached hydrogens (tertiary/aromatic N) is 1. The molecule has 2 aliphatic rings. The van der Waals surface area contributed by atoms with Crippen molar-refractivity contribution in [3.63, 3.8) is 0 Å². The van der Waals surface area contributed by atoms with Gasteiger partial charge in [0.1, 0.15) is 0 Å². The normalized spacial score (nSPS) is 29.5. The summed E-state index contributed by atoms with van der Waals surface area (Å²) in [5, 5.41) is 9.44. The van der Waals surface area contributed by atoms with Crippen LogP contribution in [0.1, 0.15) is 32.6 Å². The molecule has 0 spiro atoms. The molecule has 0 bridgehead atoms. The largest absolute Gasteiger partial charge is 0.393 e. The number of sulfonamides is 1. The van der Waals surface area contributed by atoms with E-state index in [1.54, 1.807) is 11.2 Å². The zero-order valence-corrected chi connectivity index (χ0v) is 10.6. The molecule has 16 heavy (non-hydrogen) atoms. The van der Waals surface area contributed by atoms with Crippen molar-refractivity contribution in [1.29, 1.82) is 0 Å². The molecule has 1 N–H and O–H groups in total. The van der Waals surface area contributed by atoms with Crippen LogP contribution in [0.2, 0.25) is 0 Å². The van der Waals surface area contributed by atoms with Gasteiger partial charge in [-0.05, 0) is 31.6 Å². The van der Waals surface area contributed by atoms with Crippen molar-refractivity contribution in [3.8, 4) is 0 Å². The summed E-state index contributed by atoms with van der Waals surface area (Å²) in [5.74, 6) is 1.07. The minimum atomic E-state index is -3.06. The van der Waals surface area contributed by atoms with E-state index in [1.165, 1.54) is 12.8 Å². The van der Waals surface area contributed by atoms with Gasteiger partial charge in [0.15, 0.2) is 0 Å². The van der Waals surface area contributed by atoms with Crippen molar-refractivity contribution in [3.05, 3.63) is 0 Å². The highest BCUT2D eigenvalue weighted by Gasteiger charge is 2.34. The number of aliphatic hydroxyl groups excluding tert-OH is 1. The van der Waals surface area contributed by atoms with E-state index in [1.807, 2.05) is 0 Å². The Labute approximate surface area is 97.7 Å². The van der Waals surface area contributed by atoms with Gasteiger partial charge in [0.25, 0.3) is 0 Å². The van der Waals surface area contributed by atoms with Crippen LogP contribution in [0.4, 0.5) is 0 Å². The Balaban J connectivity index is 1.86. The Kier molecular flexibility index (Phi) is 3.56. The molecule has 1 aliphatic heterocycles. The maximum absolute atomic E-state index is 12.0. The monoisotopic (exact) mass is 247 g/mol. The minimum Gasteiger partial charge on any atom is -0.393 e. The Morgan fingerprint density at radius 1 is 1.38 bits per heavy atom. The van der Waals surface area contributed by atoms with Gasteiger partial charge in [-0.15, -0.1) is 0 Å². The molecule has 1 saturated heterocycles. The van der Waals surface area contributed by atoms with Crippen LogP contribution in [-0.4, -0.2) is 42.8 Å². The fraction of sp³-hybridized carbons (Fsp3) is 1.00. The first-order valence-electron chi connectivity index (χ1n) is 6.15. The summed E-state index contributed by atoms with van der Waals surface area (Å²) in [6, 6.07) is 0. The molecule has 94 valence electrons. The van der Waals surface area contributed by atoms with E-state index in [0.29, 0.717) is 24.8 Å². The molecule has 2 rings (SSSR count). The molecule has 4 nitrogen and oxygen atoms in total. The van der Waals surface area contributed by atoms with Gasteiger partial charge < -0.3 is 5.11 Å². The lowest BCUT2D eigenvalue weighted by atomic mass is 10.0. The second-order valence-corrected chi connectivity index (χ2v) is 7.28. The topological polar surface area (TPSA) is 57.6 Å². The summed E-state index contributed by atoms with van der Waals surface area (Å²) in [4.78, 5) is 0. The number of aliphatic hydroxyl groups is 1. The number of hydrogen-bond acceptors (Lipinski definition) is 3. The SMILES string of the molecule is CC(O)C1CCN(S(=O)(=O)CCC2CC2)C1. The van der Waals surface area contributed by atoms with Crippen molar-refractivity contribution in [2.75, 3.05) is 18.8 Å². The molecular weight excluding hydrogens is 226 g/mol. The highest BCUT2D eigenvalue weighted by atomic mass is 32.2. The Morgan fingerprint density at radius 3 is 2.56 bits per heavy atom. The summed E-state index contributed by atoms with van der Waals surface area (Å²) in [5.41, 5.74) is 0. The fourth-order valence-corrected chi connectivity index (χ4v) is 3.94. The maximum atomic E-state index is 12.0. The van der Waals surface area contributed by atoms with Crippen LogP contribution in [0.25, 0.3) is 0 Å². The van der Waals surface area contributed by atoms with E-state index in [2.05, 4.69) is 0 Å². The Bertz CT molecular complexity index is 335. The van der Waals surface area contributed by atoms with Gasteiger partial charge in [-0.1, -0.05) is 12.8 Å². The molecule has 2 unspecified atom stereocenters. The number of rotatable bonds is 5. The third-order valence-electron chi connectivity index (χ3n) is 3.74. The number of hydrogen-bond donors (Lipinski definition) is 1. The second kappa shape index (κ2) is 4.63. The summed E-state index contributed by atoms with van der Waals surface area (Å²) in [6.07, 6.45) is 3.61. The van der Waals surface area contributed by atoms with Crippen LogP contribution in [-0.2, 0) is 10.0 Å². The Morgan fingerprint density at radius 2 is 2.06 bits per heavy atom. The summed E-state index contributed by atoms with van der Waals surface area (Å²) in [7, 11) is -3.06. The van der Waals surface area contributed by atoms with Gasteiger partial charge in [-0.2, -0.15) is 0 Å². The van der Waals surface area contributed by atoms with Crippen molar-refractivity contribution in [2.24, 2.45) is 11.8 Å². The lowest BCUT2D eigenvalue weighted by Crippen LogP contribution is -2.32. The highest BCUT2D eigenvalue weighted by molar-refractivity contribution is 7.89. The molecular formula is C11H21NO3S. The molecule has 2 atom stereocenters. The van der Waals surface area contributed by atoms with Crippen molar-refractivity contribution in [1.82, 2.24) is 4.31 Å². The molecule has 1 heterocycles. The molecule has 2 fully saturated rings. The van der Waals surface area contributed by atoms with Crippen LogP contribution >= 0.6 is 0 Å². The average Bonchev–Trinajstić information content (AvgIpc) is 2.89. The van der Waals surface area contributed by atoms with E-state index in [9.17, 15) is 13.5 Å². The first-order valence-corrected chi connectivity index (χ1v) is 7.76. The van der Waals surface area contributed by atoms with Gasteiger partial charge in [0, 0.05) is 13.1 Å². The zero-order valence-electron chi connectivity index (χ0n) is 9.80. The minimum absolute atomic E-state index is 0.121. The second-order valence-electron chi connectivity index (χ2n) is 5.20. The molecule has 0 radical (unpaired) electrons. The van der Waals surface area contributed by atoms with E-state index >= 15 is 0 Å². The zero-order chi connectivity index (χ0) is 11.8. The third-order valence-corrected chi connectivity index (χ3v) is 5.61. The quantitative estimate of drug-likeness (QED) is 0.782. The van der Waals surface area contributed by atoms with Gasteiger partial charge in [-0.25, -0.2) is 12.7 Å². The lowest BCUT2D eigenvalue weighted by molar-refractivity contribution is 0.133. The smallest absolute Gasteiger partial charge is 0.214 e. The average molecular weight is 247 g/mol. The van der Waals surface area contributed by atoms with Gasteiger partial charge in [-0.3, -0.25) is 0 Å². The lowest BCUT2D eigenvalue weighted by Gasteiger charge is -2.17. The summed E-state index contributed by atoms with van der Waals surface area (Å²) in [6.45, 7) is 2.83. The predicted molar refractivity (Wildman–Crippen MR) is 62.5 cm³/mol. The first-order chi connectivity index (χ1) is 7.49. The van der Waals surface area contributed by atoms with Crippen molar-refractivity contribution < 1.29 is 13.5 Å². The van der Waals surface area contributed by atoms with Gasteiger partial charge in [0.2, 0.25) is 10.0 Å². The Hall–Kier alpha value is -0.130. The molecule has 0 aromatic carbocycles. The summed E-state index contributed by atoms with van der Waals surface area (Å²) >= 11 is 0. The van der Waals surface area contributed by atoms with E-state index in [4.69, 9.17) is 0 Å². The maximum Gasteiger partial charge on any atom is 0.214 e. The standard InChI is InChI=1S/C11H21NO3S/c1-9(13)11-4-6-12(8-11)16(14,15)7-5-10-2-3-10/h9-11,13H,2-8H2,1H3. The van der Waals surface area contributed by atoms with E-state index in [0.717, 1.165) is 12.8 Å². The first kappa shape index (κ1) is 12.3. The van der Waals surface area contributed by atoms with Crippen molar-refractivity contribution in [2.45, 2.75) is 38.7 Å². The molecule has 0 aromatic rings. The van der Waals surface area contributed by atoms with Crippen LogP contribution in [0.15, 0.2) is 0 Å². The molecule has 1 saturated carbocycles. The highest BCUT2D eigenvalue weighted by Crippen LogP contribution is 2.33. The van der Waals surface area contributed by atoms with Crippen LogP contribution in [0, 0.1) is 11.8 Å². The predicted octanol–water partition coefficient (Wildman–Crippen LogP) is 0.819. The van der Waals surface area contributed by atoms with Crippen LogP contribution in [0.3, 0.4) is 0 Å². The molecule has 1 aliphatic carbocycles. The van der Waals surface area contributed by atoms with Gasteiger partial charge in [0.05, 0.1) is 11.9 Å². The molecule has 0 aromatic heterocycles. The third kappa shape index (κ3) is 2.96. The summed E-state index contributed by atoms with van der Waals surface area (Å²) < 4.78 is 25.5. The van der Waals surface area contributed by atoms with Crippen LogP contribution < -0.4 is 0 Å². The van der Waals surface area contributed by atoms with Crippen molar-refractivity contribution >= 4 is 10.0 Å². The van der Waals surface area contributed by atoms with E-state index in [-0.39, 0.29) is 5.92 Å².